The summed E-state index contributed by atoms with van der Waals surface area (Å²) >= 11 is 3.40. The first-order valence-electron chi connectivity index (χ1n) is 5.39. The van der Waals surface area contributed by atoms with Crippen molar-refractivity contribution >= 4 is 21.8 Å². The zero-order chi connectivity index (χ0) is 11.6. The van der Waals surface area contributed by atoms with Crippen molar-refractivity contribution in [2.75, 3.05) is 6.54 Å². The van der Waals surface area contributed by atoms with E-state index < -0.39 is 0 Å². The fraction of sp³-hybridized carbons (Fsp3) is 0.417. The Hall–Kier alpha value is -0.870. The highest BCUT2D eigenvalue weighted by Crippen LogP contribution is 2.44. The molecule has 0 bridgehead atoms. The first-order valence-corrected chi connectivity index (χ1v) is 6.18. The van der Waals surface area contributed by atoms with Gasteiger partial charge in [0.25, 0.3) is 0 Å². The monoisotopic (exact) mass is 282 g/mol. The molecule has 0 aliphatic heterocycles. The molecule has 0 spiro atoms. The molecule has 0 aromatic heterocycles. The summed E-state index contributed by atoms with van der Waals surface area (Å²) in [4.78, 5) is 11.8. The second kappa shape index (κ2) is 4.55. The average Bonchev–Trinajstić information content (AvgIpc) is 3.07. The summed E-state index contributed by atoms with van der Waals surface area (Å²) < 4.78 is 1.03. The maximum atomic E-state index is 11.8. The van der Waals surface area contributed by atoms with Crippen LogP contribution in [0.25, 0.3) is 0 Å². The van der Waals surface area contributed by atoms with Crippen molar-refractivity contribution in [1.82, 2.24) is 5.32 Å². The Labute approximate surface area is 104 Å². The Morgan fingerprint density at radius 2 is 2.25 bits per heavy atom. The van der Waals surface area contributed by atoms with E-state index in [9.17, 15) is 4.79 Å². The van der Waals surface area contributed by atoms with E-state index in [1.54, 1.807) is 0 Å². The van der Waals surface area contributed by atoms with E-state index in [0.717, 1.165) is 22.9 Å². The van der Waals surface area contributed by atoms with Gasteiger partial charge in [0, 0.05) is 17.6 Å². The fourth-order valence-corrected chi connectivity index (χ4v) is 2.14. The summed E-state index contributed by atoms with van der Waals surface area (Å²) in [5.41, 5.74) is 6.43. The Bertz CT molecular complexity index is 402. The first-order chi connectivity index (χ1) is 7.66. The number of rotatable bonds is 4. The second-order valence-electron chi connectivity index (χ2n) is 4.30. The predicted octanol–water partition coefficient (Wildman–Crippen LogP) is 1.80. The lowest BCUT2D eigenvalue weighted by Gasteiger charge is -2.12. The third-order valence-electron chi connectivity index (χ3n) is 3.07. The van der Waals surface area contributed by atoms with Crippen LogP contribution in [0.15, 0.2) is 28.7 Å². The SMILES string of the molecule is NCC1(C(=O)NCc2cccc(Br)c2)CC1. The van der Waals surface area contributed by atoms with Crippen LogP contribution < -0.4 is 11.1 Å². The van der Waals surface area contributed by atoms with Gasteiger partial charge in [-0.3, -0.25) is 4.79 Å². The number of benzene rings is 1. The Morgan fingerprint density at radius 3 is 2.81 bits per heavy atom. The van der Waals surface area contributed by atoms with Crippen molar-refractivity contribution in [2.24, 2.45) is 11.1 Å². The fourth-order valence-electron chi connectivity index (χ4n) is 1.69. The summed E-state index contributed by atoms with van der Waals surface area (Å²) in [6.45, 7) is 1.03. The minimum Gasteiger partial charge on any atom is -0.352 e. The summed E-state index contributed by atoms with van der Waals surface area (Å²) in [5, 5.41) is 2.94. The quantitative estimate of drug-likeness (QED) is 0.885. The number of hydrogen-bond acceptors (Lipinski definition) is 2. The average molecular weight is 283 g/mol. The second-order valence-corrected chi connectivity index (χ2v) is 5.21. The van der Waals surface area contributed by atoms with E-state index in [-0.39, 0.29) is 11.3 Å². The summed E-state index contributed by atoms with van der Waals surface area (Å²) in [6.07, 6.45) is 1.85. The molecule has 0 radical (unpaired) electrons. The lowest BCUT2D eigenvalue weighted by atomic mass is 10.1. The topological polar surface area (TPSA) is 55.1 Å². The highest BCUT2D eigenvalue weighted by molar-refractivity contribution is 9.10. The number of amides is 1. The van der Waals surface area contributed by atoms with E-state index in [1.807, 2.05) is 24.3 Å². The summed E-state index contributed by atoms with van der Waals surface area (Å²) in [6, 6.07) is 7.92. The van der Waals surface area contributed by atoms with Gasteiger partial charge in [-0.2, -0.15) is 0 Å². The molecule has 1 aliphatic rings. The molecule has 4 heteroatoms. The van der Waals surface area contributed by atoms with Gasteiger partial charge in [-0.05, 0) is 30.5 Å². The Kier molecular flexibility index (Phi) is 3.30. The van der Waals surface area contributed by atoms with Crippen molar-refractivity contribution in [3.05, 3.63) is 34.3 Å². The standard InChI is InChI=1S/C12H15BrN2O/c13-10-3-1-2-9(6-10)7-15-11(16)12(8-14)4-5-12/h1-3,6H,4-5,7-8,14H2,(H,15,16). The molecule has 0 heterocycles. The van der Waals surface area contributed by atoms with Gasteiger partial charge in [0.1, 0.15) is 0 Å². The molecule has 0 unspecified atom stereocenters. The van der Waals surface area contributed by atoms with Gasteiger partial charge in [0.05, 0.1) is 5.41 Å². The third-order valence-corrected chi connectivity index (χ3v) is 3.56. The minimum absolute atomic E-state index is 0.0926. The Balaban J connectivity index is 1.90. The molecule has 1 aromatic rings. The number of hydrogen-bond donors (Lipinski definition) is 2. The molecule has 3 N–H and O–H groups in total. The minimum atomic E-state index is -0.258. The van der Waals surface area contributed by atoms with Crippen LogP contribution in [0.2, 0.25) is 0 Å². The van der Waals surface area contributed by atoms with E-state index in [0.29, 0.717) is 13.1 Å². The molecule has 0 saturated heterocycles. The molecule has 1 saturated carbocycles. The van der Waals surface area contributed by atoms with Gasteiger partial charge in [0.15, 0.2) is 0 Å². The van der Waals surface area contributed by atoms with Crippen LogP contribution in [0.5, 0.6) is 0 Å². The van der Waals surface area contributed by atoms with Crippen LogP contribution in [0.4, 0.5) is 0 Å². The van der Waals surface area contributed by atoms with Gasteiger partial charge in [0.2, 0.25) is 5.91 Å². The van der Waals surface area contributed by atoms with E-state index >= 15 is 0 Å². The predicted molar refractivity (Wildman–Crippen MR) is 66.7 cm³/mol. The number of carbonyl (C=O) groups is 1. The highest BCUT2D eigenvalue weighted by Gasteiger charge is 2.48. The Morgan fingerprint density at radius 1 is 1.50 bits per heavy atom. The zero-order valence-corrected chi connectivity index (χ0v) is 10.6. The van der Waals surface area contributed by atoms with Gasteiger partial charge >= 0.3 is 0 Å². The smallest absolute Gasteiger partial charge is 0.227 e. The van der Waals surface area contributed by atoms with Gasteiger partial charge in [-0.1, -0.05) is 28.1 Å². The maximum absolute atomic E-state index is 11.8. The van der Waals surface area contributed by atoms with Crippen molar-refractivity contribution in [3.63, 3.8) is 0 Å². The third kappa shape index (κ3) is 2.44. The largest absolute Gasteiger partial charge is 0.352 e. The van der Waals surface area contributed by atoms with Crippen molar-refractivity contribution in [2.45, 2.75) is 19.4 Å². The number of halogens is 1. The molecule has 16 heavy (non-hydrogen) atoms. The molecular formula is C12H15BrN2O. The molecule has 0 atom stereocenters. The van der Waals surface area contributed by atoms with Crippen LogP contribution in [0, 0.1) is 5.41 Å². The molecule has 1 fully saturated rings. The lowest BCUT2D eigenvalue weighted by Crippen LogP contribution is -2.36. The van der Waals surface area contributed by atoms with E-state index in [1.165, 1.54) is 0 Å². The number of carbonyl (C=O) groups excluding carboxylic acids is 1. The van der Waals surface area contributed by atoms with Crippen LogP contribution >= 0.6 is 15.9 Å². The number of nitrogens with two attached hydrogens (primary N) is 1. The molecule has 1 amide bonds. The normalized spacial score (nSPS) is 16.9. The molecule has 1 aromatic carbocycles. The van der Waals surface area contributed by atoms with Crippen LogP contribution in [0.1, 0.15) is 18.4 Å². The lowest BCUT2D eigenvalue weighted by molar-refractivity contribution is -0.126. The first kappa shape index (κ1) is 11.6. The van der Waals surface area contributed by atoms with Gasteiger partial charge < -0.3 is 11.1 Å². The van der Waals surface area contributed by atoms with Gasteiger partial charge in [-0.25, -0.2) is 0 Å². The van der Waals surface area contributed by atoms with E-state index in [2.05, 4.69) is 21.2 Å². The van der Waals surface area contributed by atoms with E-state index in [4.69, 9.17) is 5.73 Å². The van der Waals surface area contributed by atoms with Gasteiger partial charge in [-0.15, -0.1) is 0 Å². The zero-order valence-electron chi connectivity index (χ0n) is 9.00. The van der Waals surface area contributed by atoms with Crippen molar-refractivity contribution in [3.8, 4) is 0 Å². The molecule has 1 aliphatic carbocycles. The van der Waals surface area contributed by atoms with Crippen molar-refractivity contribution in [1.29, 1.82) is 0 Å². The summed E-state index contributed by atoms with van der Waals surface area (Å²) in [5.74, 6) is 0.0926. The highest BCUT2D eigenvalue weighted by atomic mass is 79.9. The summed E-state index contributed by atoms with van der Waals surface area (Å²) in [7, 11) is 0. The molecule has 86 valence electrons. The number of nitrogens with one attached hydrogen (secondary N) is 1. The van der Waals surface area contributed by atoms with Crippen molar-refractivity contribution < 1.29 is 4.79 Å². The molecule has 2 rings (SSSR count). The molecular weight excluding hydrogens is 268 g/mol. The molecule has 3 nitrogen and oxygen atoms in total. The van der Waals surface area contributed by atoms with Crippen LogP contribution in [-0.2, 0) is 11.3 Å². The van der Waals surface area contributed by atoms with Crippen LogP contribution in [0.3, 0.4) is 0 Å². The van der Waals surface area contributed by atoms with Crippen LogP contribution in [-0.4, -0.2) is 12.5 Å². The maximum Gasteiger partial charge on any atom is 0.227 e.